The van der Waals surface area contributed by atoms with Gasteiger partial charge in [0.1, 0.15) is 17.3 Å². The van der Waals surface area contributed by atoms with E-state index in [-0.39, 0.29) is 23.7 Å². The molecule has 0 aromatic carbocycles. The Morgan fingerprint density at radius 1 is 0.647 bits per heavy atom. The molecule has 4 heteroatoms. The second-order valence-electron chi connectivity index (χ2n) is 10.1. The third-order valence-corrected chi connectivity index (χ3v) is 6.74. The van der Waals surface area contributed by atoms with E-state index in [0.717, 1.165) is 18.9 Å². The van der Waals surface area contributed by atoms with Crippen molar-refractivity contribution in [3.8, 4) is 5.75 Å². The van der Waals surface area contributed by atoms with Crippen LogP contribution in [0.25, 0.3) is 0 Å². The van der Waals surface area contributed by atoms with Gasteiger partial charge in [-0.1, -0.05) is 135 Å². The molecular formula is C30H52O4. The Labute approximate surface area is 208 Å². The van der Waals surface area contributed by atoms with Gasteiger partial charge < -0.3 is 9.52 Å². The van der Waals surface area contributed by atoms with Crippen LogP contribution in [-0.2, 0) is 11.2 Å². The highest BCUT2D eigenvalue weighted by Crippen LogP contribution is 2.16. The highest BCUT2D eigenvalue weighted by molar-refractivity contribution is 5.80. The van der Waals surface area contributed by atoms with E-state index >= 15 is 0 Å². The van der Waals surface area contributed by atoms with Crippen LogP contribution in [0.3, 0.4) is 0 Å². The lowest BCUT2D eigenvalue weighted by Gasteiger charge is -2.04. The van der Waals surface area contributed by atoms with Crippen molar-refractivity contribution < 1.29 is 14.3 Å². The molecule has 0 amide bonds. The van der Waals surface area contributed by atoms with Crippen molar-refractivity contribution in [2.45, 2.75) is 155 Å². The summed E-state index contributed by atoms with van der Waals surface area (Å²) >= 11 is 0. The minimum atomic E-state index is -0.614. The third kappa shape index (κ3) is 18.8. The highest BCUT2D eigenvalue weighted by atomic mass is 16.4. The average molecular weight is 477 g/mol. The standard InChI is InChI=1S/C30H52O4/c1-2-3-4-5-6-7-8-9-10-11-12-13-14-15-16-17-18-19-20-21-22-23-27(31)24-29-25-28(32)26-30(33)34-29/h25-26,32H,2-24H2,1H3. The first-order valence-corrected chi connectivity index (χ1v) is 14.5. The number of unbranched alkanes of at least 4 members (excludes halogenated alkanes) is 20. The Kier molecular flexibility index (Phi) is 19.6. The number of hydrogen-bond acceptors (Lipinski definition) is 4. The van der Waals surface area contributed by atoms with E-state index in [1.165, 1.54) is 128 Å². The van der Waals surface area contributed by atoms with Crippen LogP contribution in [0.5, 0.6) is 5.75 Å². The van der Waals surface area contributed by atoms with Crippen molar-refractivity contribution in [3.63, 3.8) is 0 Å². The van der Waals surface area contributed by atoms with Crippen LogP contribution in [0.4, 0.5) is 0 Å². The number of Topliss-reactive ketones (excluding diaryl/α,β-unsaturated/α-hetero) is 1. The van der Waals surface area contributed by atoms with Gasteiger partial charge in [-0.2, -0.15) is 0 Å². The zero-order chi connectivity index (χ0) is 24.7. The van der Waals surface area contributed by atoms with Crippen molar-refractivity contribution in [3.05, 3.63) is 28.3 Å². The number of rotatable bonds is 24. The summed E-state index contributed by atoms with van der Waals surface area (Å²) in [5.41, 5.74) is -0.614. The third-order valence-electron chi connectivity index (χ3n) is 6.74. The largest absolute Gasteiger partial charge is 0.508 e. The lowest BCUT2D eigenvalue weighted by molar-refractivity contribution is -0.118. The smallest absolute Gasteiger partial charge is 0.339 e. The molecule has 196 valence electrons. The summed E-state index contributed by atoms with van der Waals surface area (Å²) in [6, 6.07) is 2.35. The van der Waals surface area contributed by atoms with E-state index in [4.69, 9.17) is 4.42 Å². The molecule has 0 spiro atoms. The normalized spacial score (nSPS) is 11.2. The topological polar surface area (TPSA) is 67.5 Å². The van der Waals surface area contributed by atoms with Crippen molar-refractivity contribution >= 4 is 5.78 Å². The van der Waals surface area contributed by atoms with Gasteiger partial charge in [-0.25, -0.2) is 4.79 Å². The van der Waals surface area contributed by atoms with Crippen LogP contribution in [0, 0.1) is 0 Å². The number of ketones is 1. The predicted octanol–water partition coefficient (Wildman–Crippen LogP) is 9.06. The molecule has 0 atom stereocenters. The number of aromatic hydroxyl groups is 1. The fourth-order valence-electron chi connectivity index (χ4n) is 4.64. The van der Waals surface area contributed by atoms with Crippen LogP contribution in [0.15, 0.2) is 21.3 Å². The second-order valence-corrected chi connectivity index (χ2v) is 10.1. The molecule has 0 aliphatic rings. The van der Waals surface area contributed by atoms with Gasteiger partial charge in [0.2, 0.25) is 0 Å². The van der Waals surface area contributed by atoms with Gasteiger partial charge in [0.25, 0.3) is 0 Å². The van der Waals surface area contributed by atoms with Crippen LogP contribution in [0.1, 0.15) is 154 Å². The Morgan fingerprint density at radius 3 is 1.41 bits per heavy atom. The quantitative estimate of drug-likeness (QED) is 0.151. The molecule has 0 saturated heterocycles. The van der Waals surface area contributed by atoms with E-state index in [1.54, 1.807) is 0 Å². The summed E-state index contributed by atoms with van der Waals surface area (Å²) in [6.45, 7) is 2.28. The maximum absolute atomic E-state index is 12.0. The Morgan fingerprint density at radius 2 is 1.03 bits per heavy atom. The Hall–Kier alpha value is -1.58. The molecule has 34 heavy (non-hydrogen) atoms. The molecule has 0 fully saturated rings. The molecule has 0 aliphatic carbocycles. The Bertz CT molecular complexity index is 664. The lowest BCUT2D eigenvalue weighted by atomic mass is 10.0. The zero-order valence-electron chi connectivity index (χ0n) is 22.1. The molecular weight excluding hydrogens is 424 g/mol. The summed E-state index contributed by atoms with van der Waals surface area (Å²) < 4.78 is 4.94. The minimum absolute atomic E-state index is 0.0616. The molecule has 1 aromatic heterocycles. The molecule has 0 radical (unpaired) electrons. The summed E-state index contributed by atoms with van der Waals surface area (Å²) in [7, 11) is 0. The fourth-order valence-corrected chi connectivity index (χ4v) is 4.64. The maximum Gasteiger partial charge on any atom is 0.339 e. The second kappa shape index (κ2) is 21.9. The van der Waals surface area contributed by atoms with Crippen LogP contribution < -0.4 is 5.63 Å². The molecule has 0 saturated carbocycles. The average Bonchev–Trinajstić information content (AvgIpc) is 2.79. The zero-order valence-corrected chi connectivity index (χ0v) is 22.1. The molecule has 0 aliphatic heterocycles. The van der Waals surface area contributed by atoms with E-state index < -0.39 is 5.63 Å². The molecule has 1 heterocycles. The van der Waals surface area contributed by atoms with Crippen molar-refractivity contribution in [1.29, 1.82) is 0 Å². The lowest BCUT2D eigenvalue weighted by Crippen LogP contribution is -2.06. The van der Waals surface area contributed by atoms with Gasteiger partial charge in [0.05, 0.1) is 12.5 Å². The van der Waals surface area contributed by atoms with Crippen molar-refractivity contribution in [2.75, 3.05) is 0 Å². The summed E-state index contributed by atoms with van der Waals surface area (Å²) in [4.78, 5) is 23.2. The molecule has 1 aromatic rings. The van der Waals surface area contributed by atoms with Crippen molar-refractivity contribution in [1.82, 2.24) is 0 Å². The molecule has 4 nitrogen and oxygen atoms in total. The summed E-state index contributed by atoms with van der Waals surface area (Å²) in [5.74, 6) is 0.165. The number of carbonyl (C=O) groups is 1. The first-order valence-electron chi connectivity index (χ1n) is 14.5. The highest BCUT2D eigenvalue weighted by Gasteiger charge is 2.08. The number of carbonyl (C=O) groups excluding carboxylic acids is 1. The van der Waals surface area contributed by atoms with Gasteiger partial charge in [-0.05, 0) is 6.42 Å². The van der Waals surface area contributed by atoms with Gasteiger partial charge in [0, 0.05) is 12.5 Å². The molecule has 0 unspecified atom stereocenters. The Balaban J connectivity index is 1.77. The number of hydrogen-bond donors (Lipinski definition) is 1. The van der Waals surface area contributed by atoms with Gasteiger partial charge >= 0.3 is 5.63 Å². The van der Waals surface area contributed by atoms with Crippen molar-refractivity contribution in [2.24, 2.45) is 0 Å². The van der Waals surface area contributed by atoms with Gasteiger partial charge in [-0.15, -0.1) is 0 Å². The van der Waals surface area contributed by atoms with E-state index in [9.17, 15) is 14.7 Å². The van der Waals surface area contributed by atoms with Crippen LogP contribution in [0.2, 0.25) is 0 Å². The first-order chi connectivity index (χ1) is 16.6. The van der Waals surface area contributed by atoms with Crippen LogP contribution >= 0.6 is 0 Å². The summed E-state index contributed by atoms with van der Waals surface area (Å²) in [5, 5.41) is 9.39. The SMILES string of the molecule is CCCCCCCCCCCCCCCCCCCCCCCC(=O)Cc1cc(O)cc(=O)o1. The first kappa shape index (κ1) is 30.5. The predicted molar refractivity (Wildman–Crippen MR) is 143 cm³/mol. The van der Waals surface area contributed by atoms with E-state index in [2.05, 4.69) is 6.92 Å². The van der Waals surface area contributed by atoms with E-state index in [1.807, 2.05) is 0 Å². The monoisotopic (exact) mass is 476 g/mol. The summed E-state index contributed by atoms with van der Waals surface area (Å²) in [6.07, 6.45) is 28.9. The minimum Gasteiger partial charge on any atom is -0.508 e. The van der Waals surface area contributed by atoms with Gasteiger partial charge in [0.15, 0.2) is 0 Å². The molecule has 1 rings (SSSR count). The molecule has 0 bridgehead atoms. The fraction of sp³-hybridized carbons (Fsp3) is 0.800. The van der Waals surface area contributed by atoms with Gasteiger partial charge in [-0.3, -0.25) is 4.79 Å². The van der Waals surface area contributed by atoms with Crippen LogP contribution in [-0.4, -0.2) is 10.9 Å². The van der Waals surface area contributed by atoms with E-state index in [0.29, 0.717) is 6.42 Å². The maximum atomic E-state index is 12.0. The molecule has 1 N–H and O–H groups in total.